The number of carbonyl (C=O) groups excluding carboxylic acids is 1. The lowest BCUT2D eigenvalue weighted by atomic mass is 10.0. The third-order valence-corrected chi connectivity index (χ3v) is 3.45. The fourth-order valence-electron chi connectivity index (χ4n) is 2.36. The van der Waals surface area contributed by atoms with Gasteiger partial charge in [0.2, 0.25) is 0 Å². The average Bonchev–Trinajstić information content (AvgIpc) is 2.65. The van der Waals surface area contributed by atoms with Crippen LogP contribution in [-0.4, -0.2) is 24.8 Å². The Labute approximate surface area is 108 Å². The van der Waals surface area contributed by atoms with Crippen molar-refractivity contribution in [3.05, 3.63) is 29.3 Å². The van der Waals surface area contributed by atoms with Crippen LogP contribution >= 0.6 is 0 Å². The van der Waals surface area contributed by atoms with Crippen molar-refractivity contribution in [3.63, 3.8) is 0 Å². The standard InChI is InChI=1S/C14H20N2O2/c1-4-11-7-5-6-10(2)12(11)16-9-14(3,8-15)18-13(16)17/h5-7H,4,8-9,15H2,1-3H3. The molecule has 4 nitrogen and oxygen atoms in total. The number of amides is 1. The van der Waals surface area contributed by atoms with E-state index >= 15 is 0 Å². The van der Waals surface area contributed by atoms with E-state index in [1.807, 2.05) is 32.0 Å². The minimum atomic E-state index is -0.579. The number of nitrogens with zero attached hydrogens (tertiary/aromatic N) is 1. The Morgan fingerprint density at radius 1 is 1.50 bits per heavy atom. The first-order chi connectivity index (χ1) is 8.50. The molecule has 1 heterocycles. The molecule has 0 bridgehead atoms. The lowest BCUT2D eigenvalue weighted by molar-refractivity contribution is 0.0789. The van der Waals surface area contributed by atoms with E-state index in [1.54, 1.807) is 4.90 Å². The number of hydrogen-bond donors (Lipinski definition) is 1. The first-order valence-electron chi connectivity index (χ1n) is 6.30. The minimum absolute atomic E-state index is 0.299. The number of hydrogen-bond acceptors (Lipinski definition) is 3. The molecule has 18 heavy (non-hydrogen) atoms. The molecule has 1 aromatic carbocycles. The van der Waals surface area contributed by atoms with E-state index in [4.69, 9.17) is 10.5 Å². The first kappa shape index (κ1) is 12.9. The normalized spacial score (nSPS) is 23.3. The predicted octanol–water partition coefficient (Wildman–Crippen LogP) is 2.23. The number of para-hydroxylation sites is 1. The summed E-state index contributed by atoms with van der Waals surface area (Å²) >= 11 is 0. The Balaban J connectivity index is 2.41. The maximum atomic E-state index is 12.0. The van der Waals surface area contributed by atoms with Crippen LogP contribution in [0.2, 0.25) is 0 Å². The van der Waals surface area contributed by atoms with E-state index < -0.39 is 5.60 Å². The smallest absolute Gasteiger partial charge is 0.415 e. The molecule has 0 saturated carbocycles. The molecule has 1 aliphatic rings. The maximum absolute atomic E-state index is 12.0. The van der Waals surface area contributed by atoms with Crippen molar-refractivity contribution >= 4 is 11.8 Å². The average molecular weight is 248 g/mol. The first-order valence-corrected chi connectivity index (χ1v) is 6.30. The van der Waals surface area contributed by atoms with Gasteiger partial charge >= 0.3 is 6.09 Å². The zero-order valence-corrected chi connectivity index (χ0v) is 11.2. The Morgan fingerprint density at radius 3 is 2.78 bits per heavy atom. The second-order valence-corrected chi connectivity index (χ2v) is 5.04. The topological polar surface area (TPSA) is 55.6 Å². The molecule has 1 aliphatic heterocycles. The van der Waals surface area contributed by atoms with Gasteiger partial charge in [0, 0.05) is 6.54 Å². The molecule has 1 unspecified atom stereocenters. The van der Waals surface area contributed by atoms with E-state index in [1.165, 1.54) is 0 Å². The Kier molecular flexibility index (Phi) is 3.30. The Bertz CT molecular complexity index is 473. The van der Waals surface area contributed by atoms with Crippen molar-refractivity contribution in [3.8, 4) is 0 Å². The van der Waals surface area contributed by atoms with Gasteiger partial charge in [-0.3, -0.25) is 4.90 Å². The molecule has 1 amide bonds. The molecule has 1 saturated heterocycles. The summed E-state index contributed by atoms with van der Waals surface area (Å²) in [6, 6.07) is 6.08. The zero-order chi connectivity index (χ0) is 13.3. The summed E-state index contributed by atoms with van der Waals surface area (Å²) in [5, 5.41) is 0. The van der Waals surface area contributed by atoms with Gasteiger partial charge in [0.25, 0.3) is 0 Å². The summed E-state index contributed by atoms with van der Waals surface area (Å²) < 4.78 is 5.38. The Hall–Kier alpha value is -1.55. The summed E-state index contributed by atoms with van der Waals surface area (Å²) in [5.74, 6) is 0. The number of anilines is 1. The van der Waals surface area contributed by atoms with E-state index in [0.29, 0.717) is 13.1 Å². The number of ether oxygens (including phenoxy) is 1. The van der Waals surface area contributed by atoms with Crippen LogP contribution in [0.15, 0.2) is 18.2 Å². The number of cyclic esters (lactones) is 1. The maximum Gasteiger partial charge on any atom is 0.415 e. The van der Waals surface area contributed by atoms with Crippen molar-refractivity contribution in [2.24, 2.45) is 5.73 Å². The monoisotopic (exact) mass is 248 g/mol. The molecular formula is C14H20N2O2. The number of nitrogens with two attached hydrogens (primary N) is 1. The van der Waals surface area contributed by atoms with Crippen LogP contribution in [0.1, 0.15) is 25.0 Å². The number of carbonyl (C=O) groups is 1. The van der Waals surface area contributed by atoms with E-state index in [2.05, 4.69) is 6.92 Å². The quantitative estimate of drug-likeness (QED) is 0.892. The van der Waals surface area contributed by atoms with Crippen LogP contribution in [0.3, 0.4) is 0 Å². The molecule has 0 aliphatic carbocycles. The van der Waals surface area contributed by atoms with E-state index in [9.17, 15) is 4.79 Å². The van der Waals surface area contributed by atoms with Gasteiger partial charge in [0.1, 0.15) is 5.60 Å². The summed E-state index contributed by atoms with van der Waals surface area (Å²) in [7, 11) is 0. The van der Waals surface area contributed by atoms with Crippen LogP contribution in [0, 0.1) is 6.92 Å². The van der Waals surface area contributed by atoms with Gasteiger partial charge in [0.15, 0.2) is 0 Å². The fraction of sp³-hybridized carbons (Fsp3) is 0.500. The number of rotatable bonds is 3. The third-order valence-electron chi connectivity index (χ3n) is 3.45. The molecule has 0 spiro atoms. The molecule has 1 atom stereocenters. The van der Waals surface area contributed by atoms with Crippen molar-refractivity contribution in [2.75, 3.05) is 18.0 Å². The second-order valence-electron chi connectivity index (χ2n) is 5.04. The van der Waals surface area contributed by atoms with Gasteiger partial charge in [-0.05, 0) is 31.4 Å². The van der Waals surface area contributed by atoms with E-state index in [0.717, 1.165) is 23.2 Å². The third kappa shape index (κ3) is 2.08. The van der Waals surface area contributed by atoms with E-state index in [-0.39, 0.29) is 6.09 Å². The van der Waals surface area contributed by atoms with Gasteiger partial charge in [-0.15, -0.1) is 0 Å². The van der Waals surface area contributed by atoms with Gasteiger partial charge in [0.05, 0.1) is 12.2 Å². The highest BCUT2D eigenvalue weighted by molar-refractivity contribution is 5.92. The van der Waals surface area contributed by atoms with Crippen molar-refractivity contribution in [2.45, 2.75) is 32.8 Å². The summed E-state index contributed by atoms with van der Waals surface area (Å²) in [5.41, 5.74) is 8.32. The lowest BCUT2D eigenvalue weighted by Crippen LogP contribution is -2.39. The van der Waals surface area contributed by atoms with Crippen molar-refractivity contribution < 1.29 is 9.53 Å². The molecule has 0 radical (unpaired) electrons. The molecule has 2 rings (SSSR count). The SMILES string of the molecule is CCc1cccc(C)c1N1CC(C)(CN)OC1=O. The van der Waals surface area contributed by atoms with Crippen molar-refractivity contribution in [1.82, 2.24) is 0 Å². The molecular weight excluding hydrogens is 228 g/mol. The number of benzene rings is 1. The molecule has 1 aromatic rings. The van der Waals surface area contributed by atoms with Crippen LogP contribution in [-0.2, 0) is 11.2 Å². The highest BCUT2D eigenvalue weighted by Crippen LogP contribution is 2.32. The van der Waals surface area contributed by atoms with Crippen LogP contribution in [0.4, 0.5) is 10.5 Å². The highest BCUT2D eigenvalue weighted by Gasteiger charge is 2.42. The van der Waals surface area contributed by atoms with Gasteiger partial charge in [-0.25, -0.2) is 4.79 Å². The lowest BCUT2D eigenvalue weighted by Gasteiger charge is -2.21. The molecule has 2 N–H and O–H groups in total. The Morgan fingerprint density at radius 2 is 2.22 bits per heavy atom. The molecule has 0 aromatic heterocycles. The van der Waals surface area contributed by atoms with Crippen LogP contribution in [0.25, 0.3) is 0 Å². The molecule has 98 valence electrons. The largest absolute Gasteiger partial charge is 0.440 e. The van der Waals surface area contributed by atoms with Gasteiger partial charge in [-0.1, -0.05) is 25.1 Å². The summed E-state index contributed by atoms with van der Waals surface area (Å²) in [6.45, 7) is 6.82. The fourth-order valence-corrected chi connectivity index (χ4v) is 2.36. The predicted molar refractivity (Wildman–Crippen MR) is 71.8 cm³/mol. The van der Waals surface area contributed by atoms with Gasteiger partial charge in [-0.2, -0.15) is 0 Å². The molecule has 4 heteroatoms. The second kappa shape index (κ2) is 4.61. The highest BCUT2D eigenvalue weighted by atomic mass is 16.6. The summed E-state index contributed by atoms with van der Waals surface area (Å²) in [4.78, 5) is 13.7. The molecule has 1 fully saturated rings. The zero-order valence-electron chi connectivity index (χ0n) is 11.2. The van der Waals surface area contributed by atoms with Crippen LogP contribution in [0.5, 0.6) is 0 Å². The summed E-state index contributed by atoms with van der Waals surface area (Å²) in [6.07, 6.45) is 0.590. The van der Waals surface area contributed by atoms with Crippen LogP contribution < -0.4 is 10.6 Å². The van der Waals surface area contributed by atoms with Crippen molar-refractivity contribution in [1.29, 1.82) is 0 Å². The minimum Gasteiger partial charge on any atom is -0.440 e. The van der Waals surface area contributed by atoms with Gasteiger partial charge < -0.3 is 10.5 Å². The number of aryl methyl sites for hydroxylation is 2.